The van der Waals surface area contributed by atoms with E-state index in [9.17, 15) is 14.0 Å². The molecule has 0 aliphatic rings. The molecular weight excluding hydrogens is 377 g/mol. The average molecular weight is 393 g/mol. The lowest BCUT2D eigenvalue weighted by atomic mass is 10.2. The third kappa shape index (κ3) is 4.27. The number of nitrogens with one attached hydrogen (secondary N) is 3. The van der Waals surface area contributed by atoms with Crippen molar-refractivity contribution < 1.29 is 23.1 Å². The number of H-pyrrole nitrogens is 1. The molecule has 0 radical (unpaired) electrons. The molecule has 0 saturated heterocycles. The van der Waals surface area contributed by atoms with Crippen LogP contribution in [0.5, 0.6) is 5.75 Å². The number of amides is 2. The van der Waals surface area contributed by atoms with Gasteiger partial charge in [-0.25, -0.2) is 4.39 Å². The maximum absolute atomic E-state index is 13.3. The third-order valence-electron chi connectivity index (χ3n) is 4.13. The predicted octanol–water partition coefficient (Wildman–Crippen LogP) is 3.55. The Hall–Kier alpha value is -4.07. The van der Waals surface area contributed by atoms with Crippen molar-refractivity contribution in [3.63, 3.8) is 0 Å². The van der Waals surface area contributed by atoms with E-state index in [0.29, 0.717) is 22.4 Å². The van der Waals surface area contributed by atoms with Gasteiger partial charge in [-0.05, 0) is 48.5 Å². The van der Waals surface area contributed by atoms with Crippen LogP contribution in [0.15, 0.2) is 71.1 Å². The molecule has 0 aliphatic carbocycles. The van der Waals surface area contributed by atoms with Gasteiger partial charge in [0.15, 0.2) is 5.76 Å². The molecule has 0 unspecified atom stereocenters. The minimum Gasteiger partial charge on any atom is -0.486 e. The molecule has 146 valence electrons. The van der Waals surface area contributed by atoms with Crippen LogP contribution < -0.4 is 15.6 Å². The second kappa shape index (κ2) is 7.89. The molecule has 2 aromatic carbocycles. The van der Waals surface area contributed by atoms with Gasteiger partial charge in [0.05, 0.1) is 0 Å². The van der Waals surface area contributed by atoms with Crippen LogP contribution in [0.25, 0.3) is 10.9 Å². The Labute approximate surface area is 164 Å². The fourth-order valence-electron chi connectivity index (χ4n) is 2.72. The van der Waals surface area contributed by atoms with Crippen LogP contribution in [0.2, 0.25) is 0 Å². The molecule has 8 heteroatoms. The van der Waals surface area contributed by atoms with Gasteiger partial charge in [-0.1, -0.05) is 18.2 Å². The molecule has 2 amide bonds. The molecule has 2 heterocycles. The summed E-state index contributed by atoms with van der Waals surface area (Å²) in [5.74, 6) is -0.429. The van der Waals surface area contributed by atoms with Gasteiger partial charge in [0.1, 0.15) is 29.6 Å². The van der Waals surface area contributed by atoms with Crippen molar-refractivity contribution in [2.24, 2.45) is 0 Å². The predicted molar refractivity (Wildman–Crippen MR) is 103 cm³/mol. The lowest BCUT2D eigenvalue weighted by molar-refractivity contribution is 0.0826. The number of furan rings is 1. The lowest BCUT2D eigenvalue weighted by Crippen LogP contribution is -2.41. The van der Waals surface area contributed by atoms with Crippen LogP contribution in [0.4, 0.5) is 4.39 Å². The van der Waals surface area contributed by atoms with Crippen molar-refractivity contribution in [1.82, 2.24) is 15.8 Å². The minimum absolute atomic E-state index is 0.0238. The van der Waals surface area contributed by atoms with Gasteiger partial charge < -0.3 is 14.1 Å². The molecule has 29 heavy (non-hydrogen) atoms. The minimum atomic E-state index is -0.619. The number of halogens is 1. The van der Waals surface area contributed by atoms with Gasteiger partial charge in [-0.2, -0.15) is 0 Å². The number of carbonyl (C=O) groups excluding carboxylic acids is 2. The molecule has 0 aliphatic heterocycles. The molecule has 3 N–H and O–H groups in total. The van der Waals surface area contributed by atoms with Gasteiger partial charge in [-0.15, -0.1) is 0 Å². The smallest absolute Gasteiger partial charge is 0.305 e. The summed E-state index contributed by atoms with van der Waals surface area (Å²) in [5.41, 5.74) is 5.35. The second-order valence-corrected chi connectivity index (χ2v) is 6.19. The SMILES string of the molecule is O=C(NNC(=O)c1ccc(COc2ccccc2)o1)c1cc2cc(F)ccc2[nH]1. The van der Waals surface area contributed by atoms with Gasteiger partial charge in [0, 0.05) is 10.9 Å². The number of carbonyl (C=O) groups is 2. The number of hydrogen-bond acceptors (Lipinski definition) is 4. The number of rotatable bonds is 5. The first-order valence-corrected chi connectivity index (χ1v) is 8.74. The monoisotopic (exact) mass is 393 g/mol. The van der Waals surface area contributed by atoms with Crippen molar-refractivity contribution in [2.45, 2.75) is 6.61 Å². The molecular formula is C21H16FN3O4. The van der Waals surface area contributed by atoms with Gasteiger partial charge in [0.25, 0.3) is 5.91 Å². The Balaban J connectivity index is 1.33. The topological polar surface area (TPSA) is 96.4 Å². The average Bonchev–Trinajstić information content (AvgIpc) is 3.38. The van der Waals surface area contributed by atoms with Crippen molar-refractivity contribution in [1.29, 1.82) is 0 Å². The molecule has 7 nitrogen and oxygen atoms in total. The maximum atomic E-state index is 13.3. The van der Waals surface area contributed by atoms with Gasteiger partial charge in [-0.3, -0.25) is 20.4 Å². The molecule has 4 rings (SSSR count). The zero-order valence-corrected chi connectivity index (χ0v) is 15.1. The largest absolute Gasteiger partial charge is 0.486 e. The molecule has 0 bridgehead atoms. The van der Waals surface area contributed by atoms with Gasteiger partial charge >= 0.3 is 5.91 Å². The second-order valence-electron chi connectivity index (χ2n) is 6.19. The van der Waals surface area contributed by atoms with E-state index in [1.54, 1.807) is 6.07 Å². The highest BCUT2D eigenvalue weighted by molar-refractivity contribution is 6.00. The first kappa shape index (κ1) is 18.3. The van der Waals surface area contributed by atoms with Crippen molar-refractivity contribution in [3.05, 3.63) is 89.8 Å². The number of hydrazine groups is 1. The Morgan fingerprint density at radius 2 is 1.76 bits per heavy atom. The van der Waals surface area contributed by atoms with Crippen LogP contribution in [-0.2, 0) is 6.61 Å². The van der Waals surface area contributed by atoms with Crippen LogP contribution in [-0.4, -0.2) is 16.8 Å². The Kier molecular flexibility index (Phi) is 4.98. The Bertz CT molecular complexity index is 1170. The number of aromatic nitrogens is 1. The summed E-state index contributed by atoms with van der Waals surface area (Å²) in [6.07, 6.45) is 0. The first-order valence-electron chi connectivity index (χ1n) is 8.74. The van der Waals surface area contributed by atoms with Crippen molar-refractivity contribution in [3.8, 4) is 5.75 Å². The molecule has 4 aromatic rings. The fourth-order valence-corrected chi connectivity index (χ4v) is 2.72. The van der Waals surface area contributed by atoms with Crippen LogP contribution in [0, 0.1) is 5.82 Å². The highest BCUT2D eigenvalue weighted by atomic mass is 19.1. The maximum Gasteiger partial charge on any atom is 0.305 e. The van der Waals surface area contributed by atoms with E-state index in [-0.39, 0.29) is 18.1 Å². The zero-order chi connectivity index (χ0) is 20.2. The molecule has 0 atom stereocenters. The summed E-state index contributed by atoms with van der Waals surface area (Å²) >= 11 is 0. The lowest BCUT2D eigenvalue weighted by Gasteiger charge is -2.05. The van der Waals surface area contributed by atoms with E-state index >= 15 is 0 Å². The highest BCUT2D eigenvalue weighted by Gasteiger charge is 2.15. The van der Waals surface area contributed by atoms with E-state index in [1.165, 1.54) is 30.3 Å². The summed E-state index contributed by atoms with van der Waals surface area (Å²) in [6.45, 7) is 0.162. The number of benzene rings is 2. The highest BCUT2D eigenvalue weighted by Crippen LogP contribution is 2.17. The third-order valence-corrected chi connectivity index (χ3v) is 4.13. The van der Waals surface area contributed by atoms with Crippen LogP contribution >= 0.6 is 0 Å². The zero-order valence-electron chi connectivity index (χ0n) is 15.1. The van der Waals surface area contributed by atoms with Crippen LogP contribution in [0.1, 0.15) is 26.8 Å². The number of para-hydroxylation sites is 1. The normalized spacial score (nSPS) is 10.7. The summed E-state index contributed by atoms with van der Waals surface area (Å²) < 4.78 is 24.2. The Morgan fingerprint density at radius 1 is 0.966 bits per heavy atom. The summed E-state index contributed by atoms with van der Waals surface area (Å²) in [6, 6.07) is 17.9. The van der Waals surface area contributed by atoms with Crippen molar-refractivity contribution >= 4 is 22.7 Å². The Morgan fingerprint density at radius 3 is 2.59 bits per heavy atom. The van der Waals surface area contributed by atoms with E-state index in [0.717, 1.165) is 0 Å². The van der Waals surface area contributed by atoms with Crippen LogP contribution in [0.3, 0.4) is 0 Å². The summed E-state index contributed by atoms with van der Waals surface area (Å²) in [5, 5.41) is 0.551. The standard InChI is InChI=1S/C21H16FN3O4/c22-14-6-8-17-13(10-14)11-18(23-17)20(26)24-25-21(27)19-9-7-16(29-19)12-28-15-4-2-1-3-5-15/h1-11,23H,12H2,(H,24,26)(H,25,27). The van der Waals surface area contributed by atoms with Crippen molar-refractivity contribution in [2.75, 3.05) is 0 Å². The van der Waals surface area contributed by atoms with Gasteiger partial charge in [0.2, 0.25) is 0 Å². The van der Waals surface area contributed by atoms with E-state index in [4.69, 9.17) is 9.15 Å². The number of hydrogen-bond donors (Lipinski definition) is 3. The summed E-state index contributed by atoms with van der Waals surface area (Å²) in [4.78, 5) is 27.2. The number of fused-ring (bicyclic) bond motifs is 1. The quantitative estimate of drug-likeness (QED) is 0.452. The fraction of sp³-hybridized carbons (Fsp3) is 0.0476. The molecule has 0 fully saturated rings. The number of aromatic amines is 1. The number of ether oxygens (including phenoxy) is 1. The van der Waals surface area contributed by atoms with E-state index < -0.39 is 17.6 Å². The molecule has 0 saturated carbocycles. The van der Waals surface area contributed by atoms with E-state index in [1.807, 2.05) is 30.3 Å². The van der Waals surface area contributed by atoms with E-state index in [2.05, 4.69) is 15.8 Å². The molecule has 0 spiro atoms. The molecule has 2 aromatic heterocycles. The first-order chi connectivity index (χ1) is 14.1. The summed E-state index contributed by atoms with van der Waals surface area (Å²) in [7, 11) is 0.